The van der Waals surface area contributed by atoms with Gasteiger partial charge in [-0.2, -0.15) is 5.10 Å². The van der Waals surface area contributed by atoms with Gasteiger partial charge in [0, 0.05) is 32.0 Å². The number of carbonyl (C=O) groups excluding carboxylic acids is 4. The van der Waals surface area contributed by atoms with Crippen molar-refractivity contribution in [3.63, 3.8) is 0 Å². The molecule has 0 saturated heterocycles. The van der Waals surface area contributed by atoms with Gasteiger partial charge in [0.05, 0.1) is 18.9 Å². The number of nitrogens with one attached hydrogen (secondary N) is 1. The number of ether oxygens (including phenoxy) is 2. The number of carbonyl (C=O) groups is 4. The fraction of sp³-hybridized carbons (Fsp3) is 0.214. The zero-order valence-electron chi connectivity index (χ0n) is 21.8. The number of rotatable bonds is 6. The smallest absolute Gasteiger partial charge is 0.337 e. The average Bonchev–Trinajstić information content (AvgIpc) is 3.35. The van der Waals surface area contributed by atoms with Crippen LogP contribution in [0, 0.1) is 5.82 Å². The van der Waals surface area contributed by atoms with Crippen LogP contribution >= 0.6 is 0 Å². The van der Waals surface area contributed by atoms with Crippen molar-refractivity contribution in [2.75, 3.05) is 13.7 Å². The largest absolute Gasteiger partial charge is 0.486 e. The molecule has 1 aliphatic heterocycles. The number of hydrogen-bond acceptors (Lipinski definition) is 9. The Bertz CT molecular complexity index is 1600. The Morgan fingerprint density at radius 1 is 1.12 bits per heavy atom. The number of ketones is 2. The van der Waals surface area contributed by atoms with E-state index in [2.05, 4.69) is 20.1 Å². The summed E-state index contributed by atoms with van der Waals surface area (Å²) in [5, 5.41) is 6.45. The molecule has 3 heterocycles. The van der Waals surface area contributed by atoms with Crippen LogP contribution in [0.2, 0.25) is 0 Å². The monoisotopic (exact) mass is 547 g/mol. The molecule has 0 atom stereocenters. The summed E-state index contributed by atoms with van der Waals surface area (Å²) in [5.41, 5.74) is 8.26. The maximum absolute atomic E-state index is 13.8. The first kappa shape index (κ1) is 28.0. The first-order valence-electron chi connectivity index (χ1n) is 12.2. The lowest BCUT2D eigenvalue weighted by Crippen LogP contribution is -2.25. The first-order chi connectivity index (χ1) is 19.2. The number of methoxy groups -OCH3 is 1. The number of aromatic nitrogens is 3. The number of fused-ring (bicyclic) bond motifs is 2. The topological polar surface area (TPSA) is 155 Å². The van der Waals surface area contributed by atoms with Gasteiger partial charge >= 0.3 is 5.97 Å². The van der Waals surface area contributed by atoms with Crippen LogP contribution in [0.5, 0.6) is 5.75 Å². The third-order valence-corrected chi connectivity index (χ3v) is 5.99. The minimum absolute atomic E-state index is 0.00853. The van der Waals surface area contributed by atoms with E-state index in [1.54, 1.807) is 30.3 Å². The number of benzene rings is 2. The summed E-state index contributed by atoms with van der Waals surface area (Å²) >= 11 is 0. The molecule has 2 aromatic heterocycles. The van der Waals surface area contributed by atoms with E-state index in [1.165, 1.54) is 20.1 Å². The van der Waals surface area contributed by atoms with Crippen molar-refractivity contribution in [3.8, 4) is 5.75 Å². The molecule has 0 radical (unpaired) electrons. The van der Waals surface area contributed by atoms with Crippen molar-refractivity contribution < 1.29 is 33.0 Å². The van der Waals surface area contributed by atoms with E-state index >= 15 is 0 Å². The molecule has 40 heavy (non-hydrogen) atoms. The van der Waals surface area contributed by atoms with Crippen LogP contribution in [0.1, 0.15) is 54.9 Å². The second kappa shape index (κ2) is 12.3. The summed E-state index contributed by atoms with van der Waals surface area (Å²) in [6.07, 6.45) is 1.23. The molecule has 1 aliphatic rings. The molecular weight excluding hydrogens is 521 g/mol. The van der Waals surface area contributed by atoms with Gasteiger partial charge in [-0.25, -0.2) is 18.7 Å². The van der Waals surface area contributed by atoms with Crippen molar-refractivity contribution in [2.24, 2.45) is 5.73 Å². The molecule has 2 aromatic carbocycles. The Kier molecular flexibility index (Phi) is 8.60. The zero-order chi connectivity index (χ0) is 28.8. The second-order valence-corrected chi connectivity index (χ2v) is 8.83. The molecule has 11 nitrogen and oxygen atoms in total. The van der Waals surface area contributed by atoms with Gasteiger partial charge in [0.1, 0.15) is 23.7 Å². The fourth-order valence-corrected chi connectivity index (χ4v) is 3.91. The van der Waals surface area contributed by atoms with E-state index in [0.717, 1.165) is 27.4 Å². The van der Waals surface area contributed by atoms with Gasteiger partial charge in [0.25, 0.3) is 5.91 Å². The molecule has 0 unspecified atom stereocenters. The van der Waals surface area contributed by atoms with Crippen LogP contribution in [0.3, 0.4) is 0 Å². The number of esters is 1. The Hall–Kier alpha value is -4.97. The predicted molar refractivity (Wildman–Crippen MR) is 140 cm³/mol. The molecule has 3 N–H and O–H groups in total. The van der Waals surface area contributed by atoms with Gasteiger partial charge in [-0.05, 0) is 41.5 Å². The van der Waals surface area contributed by atoms with Crippen LogP contribution in [-0.4, -0.2) is 51.8 Å². The Balaban J connectivity index is 0.000000259. The normalized spacial score (nSPS) is 12.1. The van der Waals surface area contributed by atoms with Crippen LogP contribution in [0.15, 0.2) is 54.7 Å². The van der Waals surface area contributed by atoms with E-state index in [9.17, 15) is 23.6 Å². The number of hydrogen-bond donors (Lipinski definition) is 2. The Labute approximate surface area is 228 Å². The quantitative estimate of drug-likeness (QED) is 0.273. The maximum atomic E-state index is 13.8. The van der Waals surface area contributed by atoms with Crippen molar-refractivity contribution >= 4 is 29.1 Å². The van der Waals surface area contributed by atoms with E-state index in [-0.39, 0.29) is 54.1 Å². The van der Waals surface area contributed by atoms with E-state index in [0.29, 0.717) is 17.9 Å². The minimum atomic E-state index is -0.725. The molecular formula is C28H26FN5O6. The summed E-state index contributed by atoms with van der Waals surface area (Å²) in [5.74, 6) is -1.33. The van der Waals surface area contributed by atoms with Crippen molar-refractivity contribution in [1.29, 1.82) is 0 Å². The van der Waals surface area contributed by atoms with E-state index in [4.69, 9.17) is 10.5 Å². The fourth-order valence-electron chi connectivity index (χ4n) is 3.91. The molecule has 0 saturated carbocycles. The Morgan fingerprint density at radius 3 is 2.52 bits per heavy atom. The molecule has 0 fully saturated rings. The molecule has 206 valence electrons. The van der Waals surface area contributed by atoms with Crippen LogP contribution in [0.4, 0.5) is 4.39 Å². The van der Waals surface area contributed by atoms with E-state index < -0.39 is 11.7 Å². The molecule has 12 heteroatoms. The minimum Gasteiger partial charge on any atom is -0.486 e. The number of amides is 1. The summed E-state index contributed by atoms with van der Waals surface area (Å²) in [6, 6.07) is 13.6. The van der Waals surface area contributed by atoms with Gasteiger partial charge in [-0.15, -0.1) is 0 Å². The van der Waals surface area contributed by atoms with Gasteiger partial charge < -0.3 is 20.5 Å². The molecule has 4 aromatic rings. The standard InChI is InChI=1S/C19H15FN4O4.C9H11NO2/c1-10(25)16-6-15(23-18-14(20)8-22-24(16)18)19(27)21-7-11-2-3-17-12(4-11)5-13(26)9-28-17;1-12-9(11)8-4-2-7(6-10)3-5-8/h2-4,6,8H,5,7,9H2,1H3,(H,21,27);2-5H,6,10H2,1H3. The predicted octanol–water partition coefficient (Wildman–Crippen LogP) is 2.44. The summed E-state index contributed by atoms with van der Waals surface area (Å²) in [6.45, 7) is 2.03. The number of nitrogens with two attached hydrogens (primary N) is 1. The molecule has 1 amide bonds. The summed E-state index contributed by atoms with van der Waals surface area (Å²) < 4.78 is 24.8. The van der Waals surface area contributed by atoms with Crippen molar-refractivity contribution in [3.05, 3.63) is 94.2 Å². The highest BCUT2D eigenvalue weighted by molar-refractivity contribution is 5.98. The average molecular weight is 548 g/mol. The van der Waals surface area contributed by atoms with Gasteiger partial charge in [0.15, 0.2) is 23.0 Å². The number of Topliss-reactive ketones (excluding diaryl/α,β-unsaturated/α-hetero) is 2. The van der Waals surface area contributed by atoms with Crippen LogP contribution in [0.25, 0.3) is 5.65 Å². The summed E-state index contributed by atoms with van der Waals surface area (Å²) in [7, 11) is 1.36. The van der Waals surface area contributed by atoms with Crippen molar-refractivity contribution in [2.45, 2.75) is 26.4 Å². The van der Waals surface area contributed by atoms with Gasteiger partial charge in [-0.1, -0.05) is 18.2 Å². The highest BCUT2D eigenvalue weighted by Gasteiger charge is 2.19. The molecule has 0 aliphatic carbocycles. The lowest BCUT2D eigenvalue weighted by molar-refractivity contribution is -0.121. The number of halogens is 1. The van der Waals surface area contributed by atoms with Gasteiger partial charge in [-0.3, -0.25) is 14.4 Å². The lowest BCUT2D eigenvalue weighted by atomic mass is 10.0. The molecule has 0 spiro atoms. The number of nitrogens with zero attached hydrogens (tertiary/aromatic N) is 3. The lowest BCUT2D eigenvalue weighted by Gasteiger charge is -2.17. The van der Waals surface area contributed by atoms with Gasteiger partial charge in [0.2, 0.25) is 0 Å². The Morgan fingerprint density at radius 2 is 1.85 bits per heavy atom. The van der Waals surface area contributed by atoms with Crippen molar-refractivity contribution in [1.82, 2.24) is 19.9 Å². The third kappa shape index (κ3) is 6.35. The first-order valence-corrected chi connectivity index (χ1v) is 12.2. The van der Waals surface area contributed by atoms with E-state index in [1.807, 2.05) is 12.1 Å². The van der Waals surface area contributed by atoms with Crippen LogP contribution < -0.4 is 15.8 Å². The SMILES string of the molecule is CC(=O)c1cc(C(=O)NCc2ccc3c(c2)CC(=O)CO3)nc2c(F)cnn12.COC(=O)c1ccc(CN)cc1. The maximum Gasteiger partial charge on any atom is 0.337 e. The molecule has 0 bridgehead atoms. The highest BCUT2D eigenvalue weighted by Crippen LogP contribution is 2.24. The second-order valence-electron chi connectivity index (χ2n) is 8.83. The van der Waals surface area contributed by atoms with Crippen LogP contribution in [-0.2, 0) is 29.0 Å². The zero-order valence-corrected chi connectivity index (χ0v) is 21.8. The third-order valence-electron chi connectivity index (χ3n) is 5.99. The highest BCUT2D eigenvalue weighted by atomic mass is 19.1. The summed E-state index contributed by atoms with van der Waals surface area (Å²) in [4.78, 5) is 50.7. The molecule has 5 rings (SSSR count).